The molecule has 0 aromatic rings. The summed E-state index contributed by atoms with van der Waals surface area (Å²) in [4.78, 5) is 0. The molecule has 0 rings (SSSR count). The van der Waals surface area contributed by atoms with E-state index in [-0.39, 0.29) is 4.70 Å². The van der Waals surface area contributed by atoms with Gasteiger partial charge in [-0.1, -0.05) is 0 Å². The van der Waals surface area contributed by atoms with E-state index in [0.717, 1.165) is 0 Å². The van der Waals surface area contributed by atoms with Gasteiger partial charge in [0.25, 0.3) is 0 Å². The lowest BCUT2D eigenvalue weighted by Crippen LogP contribution is -1.99. The summed E-state index contributed by atoms with van der Waals surface area (Å²) in [6.45, 7) is 0. The van der Waals surface area contributed by atoms with Crippen LogP contribution in [-0.2, 0) is 0 Å². The molecule has 0 aliphatic carbocycles. The first-order valence-corrected chi connectivity index (χ1v) is 1.41. The number of halogens is 5. The molecule has 5 heteroatoms. The summed E-state index contributed by atoms with van der Waals surface area (Å²) in [5.41, 5.74) is 0. The van der Waals surface area contributed by atoms with E-state index in [4.69, 9.17) is 0 Å². The van der Waals surface area contributed by atoms with Crippen molar-refractivity contribution in [3.8, 4) is 0 Å². The van der Waals surface area contributed by atoms with E-state index in [1.165, 1.54) is 0 Å². The van der Waals surface area contributed by atoms with Crippen LogP contribution in [0, 0.1) is 0 Å². The largest absolute Gasteiger partial charge is 0.411 e. The van der Waals surface area contributed by atoms with E-state index in [9.17, 15) is 17.6 Å². The third-order valence-corrected chi connectivity index (χ3v) is 0.252. The van der Waals surface area contributed by atoms with Crippen LogP contribution in [0.4, 0.5) is 22.3 Å². The standard InChI is InChI=1S/C3H2F4.FH/c4-2-1-3(5,6)7;/h1-2H;1H. The molecule has 0 saturated heterocycles. The molecule has 50 valence electrons. The van der Waals surface area contributed by atoms with Crippen LogP contribution in [0.5, 0.6) is 0 Å². The van der Waals surface area contributed by atoms with E-state index in [2.05, 4.69) is 0 Å². The van der Waals surface area contributed by atoms with Crippen LogP contribution in [0.2, 0.25) is 0 Å². The average Bonchev–Trinajstić information content (AvgIpc) is 1.30. The Morgan fingerprint density at radius 3 is 1.50 bits per heavy atom. The van der Waals surface area contributed by atoms with Gasteiger partial charge in [-0.3, -0.25) is 4.70 Å². The van der Waals surface area contributed by atoms with Crippen molar-refractivity contribution < 1.29 is 22.3 Å². The molecule has 0 nitrogen and oxygen atoms in total. The minimum atomic E-state index is -4.51. The van der Waals surface area contributed by atoms with Gasteiger partial charge in [0.05, 0.1) is 6.33 Å². The Kier molecular flexibility index (Phi) is 4.41. The first kappa shape index (κ1) is 10.4. The number of hydrogen-bond donors (Lipinski definition) is 0. The van der Waals surface area contributed by atoms with E-state index in [1.807, 2.05) is 0 Å². The lowest BCUT2D eigenvalue weighted by Gasteiger charge is -1.92. The number of hydrogen-bond acceptors (Lipinski definition) is 0. The fourth-order valence-corrected chi connectivity index (χ4v) is 0.0714. The molecule has 0 radical (unpaired) electrons. The normalized spacial score (nSPS) is 11.5. The van der Waals surface area contributed by atoms with Crippen LogP contribution < -0.4 is 0 Å². The average molecular weight is 134 g/mol. The van der Waals surface area contributed by atoms with Crippen molar-refractivity contribution in [2.45, 2.75) is 6.18 Å². The Balaban J connectivity index is 0. The summed E-state index contributed by atoms with van der Waals surface area (Å²) in [5, 5.41) is 0. The van der Waals surface area contributed by atoms with Crippen LogP contribution in [-0.4, -0.2) is 6.18 Å². The van der Waals surface area contributed by atoms with Crippen LogP contribution in [0.1, 0.15) is 0 Å². The molecule has 0 unspecified atom stereocenters. The second-order valence-electron chi connectivity index (χ2n) is 0.834. The van der Waals surface area contributed by atoms with Crippen LogP contribution in [0.15, 0.2) is 12.4 Å². The molecule has 0 aromatic carbocycles. The summed E-state index contributed by atoms with van der Waals surface area (Å²) in [6.07, 6.45) is -5.53. The fourth-order valence-electron chi connectivity index (χ4n) is 0.0714. The highest BCUT2D eigenvalue weighted by Gasteiger charge is 2.21. The maximum Gasteiger partial charge on any atom is 0.411 e. The minimum Gasteiger partial charge on any atom is -0.269 e. The van der Waals surface area contributed by atoms with Crippen molar-refractivity contribution in [2.24, 2.45) is 0 Å². The molecule has 0 saturated carbocycles. The molecule has 0 amide bonds. The monoisotopic (exact) mass is 134 g/mol. The SMILES string of the molecule is F.FC=CC(F)(F)F. The van der Waals surface area contributed by atoms with Crippen molar-refractivity contribution in [2.75, 3.05) is 0 Å². The summed E-state index contributed by atoms with van der Waals surface area (Å²) in [5.74, 6) is 0. The lowest BCUT2D eigenvalue weighted by molar-refractivity contribution is -0.0805. The van der Waals surface area contributed by atoms with Gasteiger partial charge < -0.3 is 0 Å². The molecular formula is C3H3F5. The molecule has 0 aliphatic rings. The Morgan fingerprint density at radius 1 is 1.12 bits per heavy atom. The quantitative estimate of drug-likeness (QED) is 0.445. The Morgan fingerprint density at radius 2 is 1.50 bits per heavy atom. The predicted octanol–water partition coefficient (Wildman–Crippen LogP) is 2.18. The first-order valence-electron chi connectivity index (χ1n) is 1.41. The third kappa shape index (κ3) is 9.04. The van der Waals surface area contributed by atoms with E-state index in [0.29, 0.717) is 0 Å². The molecular weight excluding hydrogens is 131 g/mol. The summed E-state index contributed by atoms with van der Waals surface area (Å²) in [7, 11) is 0. The zero-order valence-electron chi connectivity index (χ0n) is 3.57. The zero-order chi connectivity index (χ0) is 5.91. The molecule has 0 heterocycles. The molecule has 0 bridgehead atoms. The first-order chi connectivity index (χ1) is 3.06. The van der Waals surface area contributed by atoms with Crippen molar-refractivity contribution in [3.05, 3.63) is 12.4 Å². The van der Waals surface area contributed by atoms with Gasteiger partial charge in [-0.05, 0) is 0 Å². The number of allylic oxidation sites excluding steroid dienone is 1. The molecule has 0 fully saturated rings. The number of rotatable bonds is 0. The predicted molar refractivity (Wildman–Crippen MR) is 18.8 cm³/mol. The van der Waals surface area contributed by atoms with Gasteiger partial charge in [0.15, 0.2) is 0 Å². The van der Waals surface area contributed by atoms with Crippen LogP contribution in [0.3, 0.4) is 0 Å². The second-order valence-corrected chi connectivity index (χ2v) is 0.834. The van der Waals surface area contributed by atoms with E-state index in [1.54, 1.807) is 0 Å². The second kappa shape index (κ2) is 3.40. The van der Waals surface area contributed by atoms with Crippen molar-refractivity contribution in [1.29, 1.82) is 0 Å². The smallest absolute Gasteiger partial charge is 0.269 e. The van der Waals surface area contributed by atoms with Crippen molar-refractivity contribution >= 4 is 0 Å². The molecule has 0 aliphatic heterocycles. The van der Waals surface area contributed by atoms with Crippen LogP contribution >= 0.6 is 0 Å². The van der Waals surface area contributed by atoms with Gasteiger partial charge in [-0.2, -0.15) is 13.2 Å². The summed E-state index contributed by atoms with van der Waals surface area (Å²) >= 11 is 0. The Bertz CT molecular complexity index is 70.2. The van der Waals surface area contributed by atoms with Gasteiger partial charge >= 0.3 is 6.18 Å². The molecule has 0 atom stereocenters. The van der Waals surface area contributed by atoms with Gasteiger partial charge in [0, 0.05) is 6.08 Å². The minimum absolute atomic E-state index is 0. The van der Waals surface area contributed by atoms with Gasteiger partial charge in [-0.15, -0.1) is 0 Å². The number of alkyl halides is 3. The molecule has 8 heavy (non-hydrogen) atoms. The van der Waals surface area contributed by atoms with Crippen LogP contribution in [0.25, 0.3) is 0 Å². The van der Waals surface area contributed by atoms with Crippen molar-refractivity contribution in [3.63, 3.8) is 0 Å². The Labute approximate surface area is 42.2 Å². The van der Waals surface area contributed by atoms with Gasteiger partial charge in [0.1, 0.15) is 0 Å². The molecule has 0 spiro atoms. The highest BCUT2D eigenvalue weighted by atomic mass is 19.4. The fraction of sp³-hybridized carbons (Fsp3) is 0.333. The highest BCUT2D eigenvalue weighted by Crippen LogP contribution is 2.15. The molecule has 0 N–H and O–H groups in total. The maximum atomic E-state index is 10.7. The molecule has 0 aromatic heterocycles. The van der Waals surface area contributed by atoms with E-state index >= 15 is 0 Å². The highest BCUT2D eigenvalue weighted by molar-refractivity contribution is 4.80. The third-order valence-electron chi connectivity index (χ3n) is 0.252. The topological polar surface area (TPSA) is 0 Å². The Hall–Kier alpha value is -0.610. The van der Waals surface area contributed by atoms with E-state index < -0.39 is 18.6 Å². The lowest BCUT2D eigenvalue weighted by atomic mass is 10.6. The van der Waals surface area contributed by atoms with Gasteiger partial charge in [0.2, 0.25) is 0 Å². The summed E-state index contributed by atoms with van der Waals surface area (Å²) in [6, 6.07) is 0. The van der Waals surface area contributed by atoms with Crippen molar-refractivity contribution in [1.82, 2.24) is 0 Å². The summed E-state index contributed by atoms with van der Waals surface area (Å²) < 4.78 is 42.8. The zero-order valence-corrected chi connectivity index (χ0v) is 3.57. The van der Waals surface area contributed by atoms with Gasteiger partial charge in [-0.25, -0.2) is 4.39 Å². The maximum absolute atomic E-state index is 10.7.